The Kier molecular flexibility index (Phi) is 5.55. The van der Waals surface area contributed by atoms with Gasteiger partial charge in [0.05, 0.1) is 22.4 Å². The van der Waals surface area contributed by atoms with E-state index in [1.54, 1.807) is 30.3 Å². The van der Waals surface area contributed by atoms with E-state index in [9.17, 15) is 19.2 Å². The highest BCUT2D eigenvalue weighted by atomic mass is 16.5. The standard InChI is InChI=1S/C25H20N2O5/c1-15-8-9-16(2)21(12-15)27-23(29)19-11-10-17(13-20(19)24(27)30)25(31)32-14-22(28)26-18-6-4-3-5-7-18/h3-13H,14H2,1-2H3,(H,26,28). The molecule has 4 rings (SSSR count). The number of carbonyl (C=O) groups is 4. The number of ether oxygens (including phenoxy) is 1. The second kappa shape index (κ2) is 8.47. The Balaban J connectivity index is 1.49. The molecule has 1 aliphatic rings. The van der Waals surface area contributed by atoms with Crippen molar-refractivity contribution in [3.63, 3.8) is 0 Å². The SMILES string of the molecule is Cc1ccc(C)c(N2C(=O)c3ccc(C(=O)OCC(=O)Nc4ccccc4)cc3C2=O)c1. The molecule has 0 unspecified atom stereocenters. The zero-order valence-electron chi connectivity index (χ0n) is 17.5. The van der Waals surface area contributed by atoms with Crippen LogP contribution >= 0.6 is 0 Å². The van der Waals surface area contributed by atoms with Gasteiger partial charge in [-0.05, 0) is 61.4 Å². The summed E-state index contributed by atoms with van der Waals surface area (Å²) in [6, 6.07) is 18.5. The van der Waals surface area contributed by atoms with E-state index >= 15 is 0 Å². The van der Waals surface area contributed by atoms with E-state index in [1.165, 1.54) is 18.2 Å². The molecule has 1 N–H and O–H groups in total. The van der Waals surface area contributed by atoms with Crippen molar-refractivity contribution in [2.24, 2.45) is 0 Å². The van der Waals surface area contributed by atoms with Crippen LogP contribution in [0.5, 0.6) is 0 Å². The molecule has 160 valence electrons. The predicted octanol–water partition coefficient (Wildman–Crippen LogP) is 3.90. The lowest BCUT2D eigenvalue weighted by Gasteiger charge is -2.17. The van der Waals surface area contributed by atoms with Gasteiger partial charge in [0.1, 0.15) is 0 Å². The minimum atomic E-state index is -0.763. The number of nitrogens with one attached hydrogen (secondary N) is 1. The Morgan fingerprint density at radius 2 is 1.59 bits per heavy atom. The molecule has 0 aliphatic carbocycles. The number of aryl methyl sites for hydroxylation is 2. The van der Waals surface area contributed by atoms with E-state index in [0.29, 0.717) is 11.4 Å². The number of nitrogens with zero attached hydrogens (tertiary/aromatic N) is 1. The van der Waals surface area contributed by atoms with Crippen LogP contribution in [0.2, 0.25) is 0 Å². The fourth-order valence-corrected chi connectivity index (χ4v) is 3.48. The number of para-hydroxylation sites is 1. The molecular weight excluding hydrogens is 408 g/mol. The first-order valence-corrected chi connectivity index (χ1v) is 9.97. The molecule has 0 spiro atoms. The zero-order valence-corrected chi connectivity index (χ0v) is 17.5. The molecule has 0 radical (unpaired) electrons. The Bertz CT molecular complexity index is 1250. The number of rotatable bonds is 5. The normalized spacial score (nSPS) is 12.5. The largest absolute Gasteiger partial charge is 0.452 e. The summed E-state index contributed by atoms with van der Waals surface area (Å²) in [5, 5.41) is 2.62. The van der Waals surface area contributed by atoms with Crippen LogP contribution in [-0.4, -0.2) is 30.3 Å². The number of carbonyl (C=O) groups excluding carboxylic acids is 4. The van der Waals surface area contributed by atoms with Crippen LogP contribution in [-0.2, 0) is 9.53 Å². The average Bonchev–Trinajstić information content (AvgIpc) is 3.04. The van der Waals surface area contributed by atoms with E-state index < -0.39 is 30.3 Å². The maximum Gasteiger partial charge on any atom is 0.338 e. The van der Waals surface area contributed by atoms with Crippen molar-refractivity contribution >= 4 is 35.1 Å². The number of esters is 1. The van der Waals surface area contributed by atoms with Gasteiger partial charge in [-0.15, -0.1) is 0 Å². The number of imide groups is 1. The number of fused-ring (bicyclic) bond motifs is 1. The monoisotopic (exact) mass is 428 g/mol. The summed E-state index contributed by atoms with van der Waals surface area (Å²) in [5.41, 5.74) is 3.22. The molecule has 3 aromatic rings. The minimum absolute atomic E-state index is 0.0835. The van der Waals surface area contributed by atoms with E-state index in [-0.39, 0.29) is 16.7 Å². The summed E-state index contributed by atoms with van der Waals surface area (Å²) in [7, 11) is 0. The molecule has 3 aromatic carbocycles. The number of amides is 3. The number of hydrogen-bond donors (Lipinski definition) is 1. The lowest BCUT2D eigenvalue weighted by atomic mass is 10.1. The van der Waals surface area contributed by atoms with Gasteiger partial charge in [0.25, 0.3) is 17.7 Å². The maximum atomic E-state index is 13.0. The van der Waals surface area contributed by atoms with Crippen molar-refractivity contribution in [3.05, 3.63) is 94.5 Å². The second-order valence-electron chi connectivity index (χ2n) is 7.49. The quantitative estimate of drug-likeness (QED) is 0.492. The van der Waals surface area contributed by atoms with Crippen LogP contribution in [0.1, 0.15) is 42.2 Å². The highest BCUT2D eigenvalue weighted by molar-refractivity contribution is 6.35. The summed E-state index contributed by atoms with van der Waals surface area (Å²) >= 11 is 0. The molecule has 7 heteroatoms. The van der Waals surface area contributed by atoms with Crippen molar-refractivity contribution < 1.29 is 23.9 Å². The van der Waals surface area contributed by atoms with Gasteiger partial charge >= 0.3 is 5.97 Å². The van der Waals surface area contributed by atoms with Crippen molar-refractivity contribution in [1.82, 2.24) is 0 Å². The van der Waals surface area contributed by atoms with E-state index in [2.05, 4.69) is 5.32 Å². The number of anilines is 2. The first-order chi connectivity index (χ1) is 15.3. The fraction of sp³-hybridized carbons (Fsp3) is 0.120. The molecule has 0 fully saturated rings. The Labute approximate surface area is 184 Å². The van der Waals surface area contributed by atoms with Gasteiger partial charge in [-0.25, -0.2) is 9.69 Å². The van der Waals surface area contributed by atoms with Crippen LogP contribution in [0.15, 0.2) is 66.7 Å². The minimum Gasteiger partial charge on any atom is -0.452 e. The lowest BCUT2D eigenvalue weighted by Crippen LogP contribution is -2.30. The predicted molar refractivity (Wildman–Crippen MR) is 119 cm³/mol. The summed E-state index contributed by atoms with van der Waals surface area (Å²) in [4.78, 5) is 51.4. The van der Waals surface area contributed by atoms with Gasteiger partial charge in [0, 0.05) is 5.69 Å². The summed E-state index contributed by atoms with van der Waals surface area (Å²) in [5.74, 6) is -2.20. The zero-order chi connectivity index (χ0) is 22.8. The molecule has 1 aliphatic heterocycles. The summed E-state index contributed by atoms with van der Waals surface area (Å²) in [6.45, 7) is 3.22. The molecule has 0 saturated carbocycles. The average molecular weight is 428 g/mol. The lowest BCUT2D eigenvalue weighted by molar-refractivity contribution is -0.119. The Morgan fingerprint density at radius 3 is 2.34 bits per heavy atom. The Hall–Kier alpha value is -4.26. The Morgan fingerprint density at radius 1 is 0.875 bits per heavy atom. The number of benzene rings is 3. The third-order valence-electron chi connectivity index (χ3n) is 5.12. The van der Waals surface area contributed by atoms with Gasteiger partial charge in [-0.1, -0.05) is 30.3 Å². The number of hydrogen-bond acceptors (Lipinski definition) is 5. The second-order valence-corrected chi connectivity index (χ2v) is 7.49. The van der Waals surface area contributed by atoms with Gasteiger partial charge < -0.3 is 10.1 Å². The van der Waals surface area contributed by atoms with Gasteiger partial charge in [0.15, 0.2) is 6.61 Å². The third kappa shape index (κ3) is 4.00. The smallest absolute Gasteiger partial charge is 0.338 e. The van der Waals surface area contributed by atoms with Crippen molar-refractivity contribution in [1.29, 1.82) is 0 Å². The van der Waals surface area contributed by atoms with E-state index in [4.69, 9.17) is 4.74 Å². The molecule has 1 heterocycles. The van der Waals surface area contributed by atoms with Crippen molar-refractivity contribution in [2.45, 2.75) is 13.8 Å². The van der Waals surface area contributed by atoms with E-state index in [0.717, 1.165) is 16.0 Å². The maximum absolute atomic E-state index is 13.0. The summed E-state index contributed by atoms with van der Waals surface area (Å²) < 4.78 is 5.07. The topological polar surface area (TPSA) is 92.8 Å². The van der Waals surface area contributed by atoms with Gasteiger partial charge in [0.2, 0.25) is 0 Å². The molecule has 7 nitrogen and oxygen atoms in total. The van der Waals surface area contributed by atoms with Gasteiger partial charge in [-0.3, -0.25) is 14.4 Å². The van der Waals surface area contributed by atoms with E-state index in [1.807, 2.05) is 32.0 Å². The summed E-state index contributed by atoms with van der Waals surface area (Å²) in [6.07, 6.45) is 0. The van der Waals surface area contributed by atoms with Gasteiger partial charge in [-0.2, -0.15) is 0 Å². The van der Waals surface area contributed by atoms with Crippen LogP contribution in [0.25, 0.3) is 0 Å². The first-order valence-electron chi connectivity index (χ1n) is 9.97. The molecule has 0 aromatic heterocycles. The highest BCUT2D eigenvalue weighted by Crippen LogP contribution is 2.31. The first kappa shape index (κ1) is 21.0. The molecule has 32 heavy (non-hydrogen) atoms. The highest BCUT2D eigenvalue weighted by Gasteiger charge is 2.38. The molecular formula is C25H20N2O5. The van der Waals surface area contributed by atoms with Crippen LogP contribution in [0.4, 0.5) is 11.4 Å². The van der Waals surface area contributed by atoms with Crippen LogP contribution < -0.4 is 10.2 Å². The van der Waals surface area contributed by atoms with Crippen molar-refractivity contribution in [3.8, 4) is 0 Å². The molecule has 0 saturated heterocycles. The van der Waals surface area contributed by atoms with Crippen LogP contribution in [0, 0.1) is 13.8 Å². The molecule has 0 atom stereocenters. The van der Waals surface area contributed by atoms with Crippen molar-refractivity contribution in [2.75, 3.05) is 16.8 Å². The van der Waals surface area contributed by atoms with Crippen LogP contribution in [0.3, 0.4) is 0 Å². The third-order valence-corrected chi connectivity index (χ3v) is 5.12. The molecule has 3 amide bonds. The fourth-order valence-electron chi connectivity index (χ4n) is 3.48. The molecule has 0 bridgehead atoms.